The standard InChI is InChI=1S/C29H36N2O5S/c1-21(2)26(27(33)36-28(3,4)5)31-37(34,35)29(20-25(32)30-24-14-10-7-11-15-24)18-16-23(17-19-29)22-12-8-6-9-13-22/h6-18,21,26,31H,19-20H2,1-5H3,(H,30,32)/t26-,29?/m1/s1. The van der Waals surface area contributed by atoms with Gasteiger partial charge in [0.1, 0.15) is 16.4 Å². The molecule has 37 heavy (non-hydrogen) atoms. The van der Waals surface area contributed by atoms with E-state index in [9.17, 15) is 18.0 Å². The Labute approximate surface area is 220 Å². The van der Waals surface area contributed by atoms with E-state index in [0.29, 0.717) is 5.69 Å². The molecule has 1 aliphatic rings. The molecular formula is C29H36N2O5S. The first-order valence-electron chi connectivity index (χ1n) is 12.4. The molecule has 0 radical (unpaired) electrons. The summed E-state index contributed by atoms with van der Waals surface area (Å²) in [6, 6.07) is 17.4. The van der Waals surface area contributed by atoms with E-state index in [0.717, 1.165) is 11.1 Å². The first kappa shape index (κ1) is 28.3. The van der Waals surface area contributed by atoms with Crippen LogP contribution in [0.3, 0.4) is 0 Å². The Hall–Kier alpha value is -3.23. The molecule has 1 aliphatic carbocycles. The van der Waals surface area contributed by atoms with E-state index in [-0.39, 0.29) is 18.8 Å². The van der Waals surface area contributed by atoms with Crippen LogP contribution in [0, 0.1) is 5.92 Å². The van der Waals surface area contributed by atoms with Gasteiger partial charge in [0.15, 0.2) is 0 Å². The second-order valence-electron chi connectivity index (χ2n) is 10.6. The van der Waals surface area contributed by atoms with Crippen LogP contribution in [-0.4, -0.2) is 36.7 Å². The molecule has 0 heterocycles. The number of allylic oxidation sites excluding steroid dienone is 3. The zero-order chi connectivity index (χ0) is 27.3. The molecule has 1 amide bonds. The van der Waals surface area contributed by atoms with Crippen molar-refractivity contribution in [1.82, 2.24) is 4.72 Å². The van der Waals surface area contributed by atoms with Crippen LogP contribution in [0.25, 0.3) is 5.57 Å². The largest absolute Gasteiger partial charge is 0.459 e. The highest BCUT2D eigenvalue weighted by molar-refractivity contribution is 7.91. The predicted molar refractivity (Wildman–Crippen MR) is 147 cm³/mol. The lowest BCUT2D eigenvalue weighted by molar-refractivity contribution is -0.158. The Bertz CT molecular complexity index is 1260. The van der Waals surface area contributed by atoms with Crippen LogP contribution in [-0.2, 0) is 24.3 Å². The Balaban J connectivity index is 1.93. The minimum atomic E-state index is -4.23. The molecule has 0 spiro atoms. The number of carbonyl (C=O) groups excluding carboxylic acids is 2. The van der Waals surface area contributed by atoms with Gasteiger partial charge in [-0.1, -0.05) is 80.6 Å². The second-order valence-corrected chi connectivity index (χ2v) is 12.7. The molecule has 0 bridgehead atoms. The normalized spacial score (nSPS) is 18.7. The van der Waals surface area contributed by atoms with Crippen molar-refractivity contribution in [2.45, 2.75) is 63.9 Å². The molecule has 0 saturated carbocycles. The van der Waals surface area contributed by atoms with Crippen molar-refractivity contribution in [3.63, 3.8) is 0 Å². The number of amides is 1. The van der Waals surface area contributed by atoms with E-state index in [2.05, 4.69) is 10.0 Å². The molecule has 2 N–H and O–H groups in total. The van der Waals surface area contributed by atoms with Crippen LogP contribution in [0.15, 0.2) is 78.9 Å². The van der Waals surface area contributed by atoms with Crippen molar-refractivity contribution in [2.24, 2.45) is 5.92 Å². The van der Waals surface area contributed by atoms with E-state index in [4.69, 9.17) is 4.74 Å². The average Bonchev–Trinajstić information content (AvgIpc) is 2.82. The van der Waals surface area contributed by atoms with E-state index < -0.39 is 38.3 Å². The molecule has 2 aromatic rings. The van der Waals surface area contributed by atoms with E-state index in [1.54, 1.807) is 71.0 Å². The highest BCUT2D eigenvalue weighted by Crippen LogP contribution is 2.36. The third-order valence-electron chi connectivity index (χ3n) is 6.00. The fraction of sp³-hybridized carbons (Fsp3) is 0.379. The molecule has 3 rings (SSSR count). The number of ether oxygens (including phenoxy) is 1. The number of benzene rings is 2. The minimum Gasteiger partial charge on any atom is -0.459 e. The summed E-state index contributed by atoms with van der Waals surface area (Å²) in [5.41, 5.74) is 1.60. The van der Waals surface area contributed by atoms with Gasteiger partial charge in [0.05, 0.1) is 6.42 Å². The van der Waals surface area contributed by atoms with Gasteiger partial charge in [-0.25, -0.2) is 8.42 Å². The van der Waals surface area contributed by atoms with Crippen LogP contribution in [0.2, 0.25) is 0 Å². The van der Waals surface area contributed by atoms with Gasteiger partial charge in [0.2, 0.25) is 15.9 Å². The molecule has 1 unspecified atom stereocenters. The van der Waals surface area contributed by atoms with Crippen molar-refractivity contribution >= 4 is 33.2 Å². The van der Waals surface area contributed by atoms with Crippen molar-refractivity contribution in [1.29, 1.82) is 0 Å². The lowest BCUT2D eigenvalue weighted by Gasteiger charge is -2.34. The summed E-state index contributed by atoms with van der Waals surface area (Å²) < 4.78 is 34.4. The number of hydrogen-bond acceptors (Lipinski definition) is 5. The summed E-state index contributed by atoms with van der Waals surface area (Å²) in [5, 5.41) is 2.78. The van der Waals surface area contributed by atoms with Gasteiger partial charge in [-0.3, -0.25) is 9.59 Å². The van der Waals surface area contributed by atoms with Gasteiger partial charge in [-0.05, 0) is 56.4 Å². The van der Waals surface area contributed by atoms with Gasteiger partial charge < -0.3 is 10.1 Å². The zero-order valence-electron chi connectivity index (χ0n) is 22.0. The Kier molecular flexibility index (Phi) is 8.76. The smallest absolute Gasteiger partial charge is 0.324 e. The van der Waals surface area contributed by atoms with E-state index in [1.807, 2.05) is 42.5 Å². The highest BCUT2D eigenvalue weighted by atomic mass is 32.2. The third kappa shape index (κ3) is 7.40. The topological polar surface area (TPSA) is 102 Å². The second kappa shape index (κ2) is 11.4. The van der Waals surface area contributed by atoms with Crippen molar-refractivity contribution in [3.05, 3.63) is 84.5 Å². The molecular weight excluding hydrogens is 488 g/mol. The SMILES string of the molecule is CC(C)[C@@H](NS(=O)(=O)C1(CC(=O)Nc2ccccc2)C=CC(c2ccccc2)=CC1)C(=O)OC(C)(C)C. The summed E-state index contributed by atoms with van der Waals surface area (Å²) in [6.45, 7) is 8.68. The predicted octanol–water partition coefficient (Wildman–Crippen LogP) is 5.08. The first-order valence-corrected chi connectivity index (χ1v) is 13.8. The molecule has 2 atom stereocenters. The van der Waals surface area contributed by atoms with Gasteiger partial charge in [0.25, 0.3) is 0 Å². The minimum absolute atomic E-state index is 0.0599. The summed E-state index contributed by atoms with van der Waals surface area (Å²) in [5.74, 6) is -1.48. The van der Waals surface area contributed by atoms with Crippen LogP contribution >= 0.6 is 0 Å². The molecule has 8 heteroatoms. The van der Waals surface area contributed by atoms with Crippen molar-refractivity contribution in [2.75, 3.05) is 5.32 Å². The van der Waals surface area contributed by atoms with Crippen LogP contribution < -0.4 is 10.0 Å². The number of esters is 1. The summed E-state index contributed by atoms with van der Waals surface area (Å²) >= 11 is 0. The van der Waals surface area contributed by atoms with Gasteiger partial charge >= 0.3 is 5.97 Å². The van der Waals surface area contributed by atoms with Crippen molar-refractivity contribution < 1.29 is 22.7 Å². The molecule has 0 aliphatic heterocycles. The number of hydrogen-bond donors (Lipinski definition) is 2. The zero-order valence-corrected chi connectivity index (χ0v) is 22.8. The number of rotatable bonds is 9. The highest BCUT2D eigenvalue weighted by Gasteiger charge is 2.46. The number of sulfonamides is 1. The lowest BCUT2D eigenvalue weighted by atomic mass is 9.90. The van der Waals surface area contributed by atoms with Gasteiger partial charge in [0, 0.05) is 5.69 Å². The number of para-hydroxylation sites is 1. The maximum atomic E-state index is 13.9. The Morgan fingerprint density at radius 1 is 1.00 bits per heavy atom. The molecule has 2 aromatic carbocycles. The Morgan fingerprint density at radius 3 is 2.11 bits per heavy atom. The lowest BCUT2D eigenvalue weighted by Crippen LogP contribution is -2.55. The van der Waals surface area contributed by atoms with E-state index >= 15 is 0 Å². The van der Waals surface area contributed by atoms with Crippen molar-refractivity contribution in [3.8, 4) is 0 Å². The summed E-state index contributed by atoms with van der Waals surface area (Å²) in [6.07, 6.45) is 4.85. The molecule has 198 valence electrons. The van der Waals surface area contributed by atoms with Crippen LogP contribution in [0.5, 0.6) is 0 Å². The third-order valence-corrected chi connectivity index (χ3v) is 8.08. The van der Waals surface area contributed by atoms with Gasteiger partial charge in [-0.15, -0.1) is 0 Å². The average molecular weight is 525 g/mol. The molecule has 0 aromatic heterocycles. The monoisotopic (exact) mass is 524 g/mol. The van der Waals surface area contributed by atoms with Crippen LogP contribution in [0.1, 0.15) is 53.0 Å². The molecule has 0 fully saturated rings. The van der Waals surface area contributed by atoms with Crippen LogP contribution in [0.4, 0.5) is 5.69 Å². The van der Waals surface area contributed by atoms with Gasteiger partial charge in [-0.2, -0.15) is 4.72 Å². The number of anilines is 1. The Morgan fingerprint density at radius 2 is 1.59 bits per heavy atom. The maximum absolute atomic E-state index is 13.9. The van der Waals surface area contributed by atoms with E-state index in [1.165, 1.54) is 0 Å². The quantitative estimate of drug-likeness (QED) is 0.445. The first-order chi connectivity index (χ1) is 17.3. The molecule has 7 nitrogen and oxygen atoms in total. The fourth-order valence-corrected chi connectivity index (χ4v) is 5.84. The number of carbonyl (C=O) groups is 2. The summed E-state index contributed by atoms with van der Waals surface area (Å²) in [4.78, 5) is 26.0. The number of nitrogens with one attached hydrogen (secondary N) is 2. The molecule has 0 saturated heterocycles. The maximum Gasteiger partial charge on any atom is 0.324 e. The summed E-state index contributed by atoms with van der Waals surface area (Å²) in [7, 11) is -4.23. The fourth-order valence-electron chi connectivity index (χ4n) is 4.04.